The van der Waals surface area contributed by atoms with Crippen LogP contribution < -0.4 is 0 Å². The van der Waals surface area contributed by atoms with Crippen LogP contribution in [0.15, 0.2) is 24.3 Å². The average molecular weight is 343 g/mol. The standard InChI is InChI=1S/C17H17N3O3S/c1-4-12-16(24-20-19-12)17(22)23-10(3)15(21)14-9(2)18-13-8-6-5-7-11(13)14/h5-8,10,18H,4H2,1-3H3/t10-/m0/s1. The first-order valence-electron chi connectivity index (χ1n) is 7.66. The number of aromatic nitrogens is 3. The molecule has 2 aromatic heterocycles. The summed E-state index contributed by atoms with van der Waals surface area (Å²) in [6.45, 7) is 5.31. The molecule has 0 saturated carbocycles. The van der Waals surface area contributed by atoms with Crippen molar-refractivity contribution in [2.24, 2.45) is 0 Å². The van der Waals surface area contributed by atoms with Crippen LogP contribution in [0.3, 0.4) is 0 Å². The highest BCUT2D eigenvalue weighted by Gasteiger charge is 2.26. The summed E-state index contributed by atoms with van der Waals surface area (Å²) in [5, 5.41) is 4.72. The summed E-state index contributed by atoms with van der Waals surface area (Å²) in [6, 6.07) is 7.56. The van der Waals surface area contributed by atoms with Gasteiger partial charge in [-0.25, -0.2) is 4.79 Å². The lowest BCUT2D eigenvalue weighted by Gasteiger charge is -2.12. The Morgan fingerprint density at radius 1 is 1.33 bits per heavy atom. The number of nitrogens with zero attached hydrogens (tertiary/aromatic N) is 2. The van der Waals surface area contributed by atoms with Gasteiger partial charge in [-0.2, -0.15) is 0 Å². The largest absolute Gasteiger partial charge is 0.450 e. The van der Waals surface area contributed by atoms with Crippen molar-refractivity contribution in [2.75, 3.05) is 0 Å². The highest BCUT2D eigenvalue weighted by Crippen LogP contribution is 2.24. The van der Waals surface area contributed by atoms with Gasteiger partial charge < -0.3 is 9.72 Å². The molecular formula is C17H17N3O3S. The number of H-pyrrole nitrogens is 1. The molecule has 6 nitrogen and oxygen atoms in total. The smallest absolute Gasteiger partial charge is 0.352 e. The zero-order chi connectivity index (χ0) is 17.3. The van der Waals surface area contributed by atoms with E-state index in [2.05, 4.69) is 14.6 Å². The second kappa shape index (κ2) is 6.52. The molecule has 0 spiro atoms. The van der Waals surface area contributed by atoms with Crippen molar-refractivity contribution < 1.29 is 14.3 Å². The average Bonchev–Trinajstić information content (AvgIpc) is 3.17. The molecule has 0 saturated heterocycles. The summed E-state index contributed by atoms with van der Waals surface area (Å²) in [5.41, 5.74) is 2.80. The number of aryl methyl sites for hydroxylation is 2. The molecule has 3 aromatic rings. The summed E-state index contributed by atoms with van der Waals surface area (Å²) in [5.74, 6) is -0.783. The van der Waals surface area contributed by atoms with Crippen LogP contribution in [0.1, 0.15) is 45.3 Å². The van der Waals surface area contributed by atoms with Crippen LogP contribution in [0, 0.1) is 6.92 Å². The van der Waals surface area contributed by atoms with E-state index in [0.717, 1.165) is 28.1 Å². The van der Waals surface area contributed by atoms with Gasteiger partial charge >= 0.3 is 5.97 Å². The molecule has 0 unspecified atom stereocenters. The summed E-state index contributed by atoms with van der Waals surface area (Å²) >= 11 is 0.986. The maximum absolute atomic E-state index is 12.8. The van der Waals surface area contributed by atoms with Gasteiger partial charge in [-0.05, 0) is 37.9 Å². The summed E-state index contributed by atoms with van der Waals surface area (Å²) in [7, 11) is 0. The molecule has 0 amide bonds. The van der Waals surface area contributed by atoms with Gasteiger partial charge in [0, 0.05) is 22.2 Å². The molecule has 0 aliphatic rings. The first kappa shape index (κ1) is 16.3. The van der Waals surface area contributed by atoms with Gasteiger partial charge in [-0.1, -0.05) is 29.6 Å². The maximum atomic E-state index is 12.8. The molecule has 0 aliphatic heterocycles. The Hall–Kier alpha value is -2.54. The Morgan fingerprint density at radius 3 is 2.83 bits per heavy atom. The molecule has 1 N–H and O–H groups in total. The second-order valence-electron chi connectivity index (χ2n) is 5.48. The van der Waals surface area contributed by atoms with Gasteiger partial charge in [-0.15, -0.1) is 5.10 Å². The molecule has 124 valence electrons. The molecule has 0 radical (unpaired) electrons. The third-order valence-corrected chi connectivity index (χ3v) is 4.62. The molecule has 7 heteroatoms. The first-order chi connectivity index (χ1) is 11.5. The van der Waals surface area contributed by atoms with E-state index < -0.39 is 12.1 Å². The van der Waals surface area contributed by atoms with E-state index >= 15 is 0 Å². The van der Waals surface area contributed by atoms with Crippen molar-refractivity contribution in [1.29, 1.82) is 0 Å². The minimum absolute atomic E-state index is 0.228. The summed E-state index contributed by atoms with van der Waals surface area (Å²) in [4.78, 5) is 28.6. The Labute approximate surface area is 143 Å². The molecule has 24 heavy (non-hydrogen) atoms. The predicted molar refractivity (Wildman–Crippen MR) is 91.5 cm³/mol. The fraction of sp³-hybridized carbons (Fsp3) is 0.294. The fourth-order valence-electron chi connectivity index (χ4n) is 2.66. The van der Waals surface area contributed by atoms with Gasteiger partial charge in [0.1, 0.15) is 0 Å². The number of hydrogen-bond donors (Lipinski definition) is 1. The van der Waals surface area contributed by atoms with Gasteiger partial charge in [0.05, 0.1) is 5.69 Å². The predicted octanol–water partition coefficient (Wildman–Crippen LogP) is 3.32. The zero-order valence-corrected chi connectivity index (χ0v) is 14.4. The zero-order valence-electron chi connectivity index (χ0n) is 13.6. The summed E-state index contributed by atoms with van der Waals surface area (Å²) < 4.78 is 9.13. The highest BCUT2D eigenvalue weighted by molar-refractivity contribution is 7.07. The molecule has 0 bridgehead atoms. The number of fused-ring (bicyclic) bond motifs is 1. The first-order valence-corrected chi connectivity index (χ1v) is 8.44. The molecule has 0 aliphatic carbocycles. The van der Waals surface area contributed by atoms with Crippen LogP contribution in [0.5, 0.6) is 0 Å². The molecule has 3 rings (SSSR count). The maximum Gasteiger partial charge on any atom is 0.352 e. The van der Waals surface area contributed by atoms with Gasteiger partial charge in [0.25, 0.3) is 0 Å². The monoisotopic (exact) mass is 343 g/mol. The number of hydrogen-bond acceptors (Lipinski definition) is 6. The third kappa shape index (κ3) is 2.82. The number of rotatable bonds is 5. The molecule has 2 heterocycles. The number of carbonyl (C=O) groups is 2. The Morgan fingerprint density at radius 2 is 2.08 bits per heavy atom. The molecule has 1 aromatic carbocycles. The summed E-state index contributed by atoms with van der Waals surface area (Å²) in [6.07, 6.45) is -0.299. The highest BCUT2D eigenvalue weighted by atomic mass is 32.1. The lowest BCUT2D eigenvalue weighted by atomic mass is 10.0. The van der Waals surface area contributed by atoms with Crippen LogP contribution in [-0.4, -0.2) is 32.4 Å². The minimum atomic E-state index is -0.887. The fourth-order valence-corrected chi connectivity index (χ4v) is 3.29. The van der Waals surface area contributed by atoms with Crippen LogP contribution in [0.25, 0.3) is 10.9 Å². The number of ketones is 1. The number of nitrogens with one attached hydrogen (secondary N) is 1. The second-order valence-corrected chi connectivity index (χ2v) is 6.24. The Balaban J connectivity index is 1.84. The van der Waals surface area contributed by atoms with Gasteiger partial charge in [0.2, 0.25) is 5.78 Å². The van der Waals surface area contributed by atoms with Crippen LogP contribution in [0.2, 0.25) is 0 Å². The number of para-hydroxylation sites is 1. The van der Waals surface area contributed by atoms with E-state index in [9.17, 15) is 9.59 Å². The number of benzene rings is 1. The van der Waals surface area contributed by atoms with Gasteiger partial charge in [-0.3, -0.25) is 4.79 Å². The van der Waals surface area contributed by atoms with Crippen molar-refractivity contribution in [3.05, 3.63) is 46.1 Å². The van der Waals surface area contributed by atoms with Gasteiger partial charge in [0.15, 0.2) is 11.0 Å². The number of ether oxygens (including phenoxy) is 1. The minimum Gasteiger partial charge on any atom is -0.450 e. The van der Waals surface area contributed by atoms with Crippen molar-refractivity contribution >= 4 is 34.2 Å². The van der Waals surface area contributed by atoms with E-state index in [1.54, 1.807) is 6.92 Å². The van der Waals surface area contributed by atoms with Crippen LogP contribution in [-0.2, 0) is 11.2 Å². The quantitative estimate of drug-likeness (QED) is 0.567. The van der Waals surface area contributed by atoms with Crippen molar-refractivity contribution in [3.63, 3.8) is 0 Å². The topological polar surface area (TPSA) is 84.9 Å². The van der Waals surface area contributed by atoms with Crippen molar-refractivity contribution in [3.8, 4) is 0 Å². The molecule has 0 fully saturated rings. The Bertz CT molecular complexity index is 913. The SMILES string of the molecule is CCc1nnsc1C(=O)O[C@@H](C)C(=O)c1c(C)[nH]c2ccccc12. The van der Waals surface area contributed by atoms with E-state index in [1.807, 2.05) is 38.1 Å². The van der Waals surface area contributed by atoms with E-state index in [0.29, 0.717) is 22.6 Å². The molecular weight excluding hydrogens is 326 g/mol. The van der Waals surface area contributed by atoms with E-state index in [4.69, 9.17) is 4.74 Å². The van der Waals surface area contributed by atoms with E-state index in [-0.39, 0.29) is 5.78 Å². The van der Waals surface area contributed by atoms with E-state index in [1.165, 1.54) is 0 Å². The number of esters is 1. The lowest BCUT2D eigenvalue weighted by Crippen LogP contribution is -2.25. The Kier molecular flexibility index (Phi) is 4.44. The number of carbonyl (C=O) groups excluding carboxylic acids is 2. The van der Waals surface area contributed by atoms with Crippen LogP contribution >= 0.6 is 11.5 Å². The number of Topliss-reactive ketones (excluding diaryl/α,β-unsaturated/α-hetero) is 1. The van der Waals surface area contributed by atoms with Crippen LogP contribution in [0.4, 0.5) is 0 Å². The van der Waals surface area contributed by atoms with Crippen molar-refractivity contribution in [2.45, 2.75) is 33.3 Å². The van der Waals surface area contributed by atoms with Crippen molar-refractivity contribution in [1.82, 2.24) is 14.6 Å². The third-order valence-electron chi connectivity index (χ3n) is 3.87. The normalized spacial score (nSPS) is 12.3. The molecule has 1 atom stereocenters. The number of aromatic amines is 1. The lowest BCUT2D eigenvalue weighted by molar-refractivity contribution is 0.0322.